The lowest BCUT2D eigenvalue weighted by atomic mass is 9.48. The van der Waals surface area contributed by atoms with Crippen LogP contribution >= 0.6 is 0 Å². The van der Waals surface area contributed by atoms with Crippen molar-refractivity contribution in [1.29, 1.82) is 0 Å². The summed E-state index contributed by atoms with van der Waals surface area (Å²) in [6.45, 7) is 8.83. The third-order valence-corrected chi connectivity index (χ3v) is 12.0. The van der Waals surface area contributed by atoms with Crippen LogP contribution in [0.2, 0.25) is 0 Å². The summed E-state index contributed by atoms with van der Waals surface area (Å²) < 4.78 is 23.2. The topological polar surface area (TPSA) is 77.5 Å². The van der Waals surface area contributed by atoms with E-state index >= 15 is 0 Å². The summed E-state index contributed by atoms with van der Waals surface area (Å²) in [5.74, 6) is 2.02. The highest BCUT2D eigenvalue weighted by Crippen LogP contribution is 2.66. The molecule has 0 radical (unpaired) electrons. The molecular formula is C41H61NO6. The number of aliphatic hydroxyl groups is 1. The van der Waals surface area contributed by atoms with Crippen molar-refractivity contribution in [2.75, 3.05) is 26.5 Å². The average molecular weight is 664 g/mol. The Morgan fingerprint density at radius 1 is 0.979 bits per heavy atom. The van der Waals surface area contributed by atoms with Gasteiger partial charge in [-0.05, 0) is 100 Å². The maximum absolute atomic E-state index is 12.5. The first-order chi connectivity index (χ1) is 23.5. The molecular weight excluding hydrogens is 602 g/mol. The van der Waals surface area contributed by atoms with Crippen LogP contribution in [0.25, 0.3) is 0 Å². The zero-order valence-corrected chi connectivity index (χ0v) is 29.7. The molecule has 2 heterocycles. The van der Waals surface area contributed by atoms with Gasteiger partial charge in [0, 0.05) is 18.2 Å². The number of carbonyl (C=O) groups is 1. The molecule has 1 saturated heterocycles. The van der Waals surface area contributed by atoms with Crippen LogP contribution in [0.15, 0.2) is 36.4 Å². The van der Waals surface area contributed by atoms with Gasteiger partial charge in [0.25, 0.3) is 0 Å². The fraction of sp³-hybridized carbons (Fsp3) is 0.732. The Morgan fingerprint density at radius 3 is 2.42 bits per heavy atom. The van der Waals surface area contributed by atoms with Gasteiger partial charge >= 0.3 is 6.16 Å². The van der Waals surface area contributed by atoms with Gasteiger partial charge in [-0.25, -0.2) is 4.79 Å². The van der Waals surface area contributed by atoms with E-state index in [0.717, 1.165) is 68.7 Å². The molecule has 1 aromatic rings. The molecule has 6 rings (SSSR count). The average Bonchev–Trinajstić information content (AvgIpc) is 3.83. The molecule has 5 aliphatic rings. The molecule has 2 bridgehead atoms. The van der Waals surface area contributed by atoms with E-state index in [1.54, 1.807) is 0 Å². The quantitative estimate of drug-likeness (QED) is 0.0608. The van der Waals surface area contributed by atoms with E-state index in [4.69, 9.17) is 18.9 Å². The van der Waals surface area contributed by atoms with Crippen molar-refractivity contribution >= 4 is 6.16 Å². The van der Waals surface area contributed by atoms with Crippen LogP contribution in [0.4, 0.5) is 4.79 Å². The van der Waals surface area contributed by atoms with Gasteiger partial charge in [-0.15, -0.1) is 0 Å². The van der Waals surface area contributed by atoms with Crippen molar-refractivity contribution in [2.45, 2.75) is 159 Å². The van der Waals surface area contributed by atoms with E-state index in [9.17, 15) is 9.90 Å². The lowest BCUT2D eigenvalue weighted by Gasteiger charge is -2.63. The van der Waals surface area contributed by atoms with Gasteiger partial charge in [0.05, 0.1) is 17.6 Å². The number of benzene rings is 1. The van der Waals surface area contributed by atoms with Crippen LogP contribution in [0.3, 0.4) is 0 Å². The molecule has 1 aromatic carbocycles. The maximum Gasteiger partial charge on any atom is 0.511 e. The number of allylic oxidation sites excluding steroid dienone is 2. The summed E-state index contributed by atoms with van der Waals surface area (Å²) in [6.07, 6.45) is 26.9. The highest BCUT2D eigenvalue weighted by atomic mass is 16.8. The van der Waals surface area contributed by atoms with Crippen LogP contribution in [0.5, 0.6) is 11.5 Å². The normalized spacial score (nSPS) is 27.2. The number of piperidine rings is 1. The molecule has 1 spiro atoms. The fourth-order valence-electron chi connectivity index (χ4n) is 9.18. The second-order valence-corrected chi connectivity index (χ2v) is 15.3. The van der Waals surface area contributed by atoms with Crippen LogP contribution in [-0.4, -0.2) is 60.4 Å². The Morgan fingerprint density at radius 2 is 1.69 bits per heavy atom. The first-order valence-electron chi connectivity index (χ1n) is 19.5. The summed E-state index contributed by atoms with van der Waals surface area (Å²) in [7, 11) is 0. The van der Waals surface area contributed by atoms with Crippen LogP contribution < -0.4 is 9.47 Å². The van der Waals surface area contributed by atoms with Crippen molar-refractivity contribution < 1.29 is 28.8 Å². The predicted molar refractivity (Wildman–Crippen MR) is 190 cm³/mol. The number of hydrogen-bond donors (Lipinski definition) is 1. The second kappa shape index (κ2) is 16.5. The van der Waals surface area contributed by atoms with Gasteiger partial charge in [0.2, 0.25) is 6.79 Å². The lowest BCUT2D eigenvalue weighted by Crippen LogP contribution is -2.75. The van der Waals surface area contributed by atoms with Crippen molar-refractivity contribution in [1.82, 2.24) is 4.90 Å². The number of rotatable bonds is 21. The van der Waals surface area contributed by atoms with Crippen LogP contribution in [0.1, 0.15) is 140 Å². The van der Waals surface area contributed by atoms with Crippen LogP contribution in [0, 0.1) is 5.92 Å². The first-order valence-corrected chi connectivity index (χ1v) is 19.5. The zero-order chi connectivity index (χ0) is 33.4. The number of ether oxygens (including phenoxy) is 4. The third kappa shape index (κ3) is 7.62. The number of carbonyl (C=O) groups excluding carboxylic acids is 1. The smallest absolute Gasteiger partial charge is 0.481 e. The Balaban J connectivity index is 0.880. The Labute approximate surface area is 289 Å². The minimum absolute atomic E-state index is 0.0983. The fourth-order valence-corrected chi connectivity index (χ4v) is 9.18. The Kier molecular flexibility index (Phi) is 12.1. The molecule has 7 nitrogen and oxygen atoms in total. The van der Waals surface area contributed by atoms with Crippen LogP contribution in [-0.2, 0) is 21.3 Å². The molecule has 2 saturated carbocycles. The van der Waals surface area contributed by atoms with E-state index in [0.29, 0.717) is 24.5 Å². The number of nitrogens with zero attached hydrogens (tertiary/aromatic N) is 1. The molecule has 4 atom stereocenters. The number of likely N-dealkylation sites (tertiary alicyclic amines) is 1. The van der Waals surface area contributed by atoms with Crippen molar-refractivity contribution in [3.8, 4) is 11.5 Å². The molecule has 1 unspecified atom stereocenters. The number of unbranched alkanes of at least 4 members (excludes halogenated alkanes) is 12. The molecule has 48 heavy (non-hydrogen) atoms. The summed E-state index contributed by atoms with van der Waals surface area (Å²) >= 11 is 0. The number of hydrogen-bond acceptors (Lipinski definition) is 7. The maximum atomic E-state index is 12.5. The van der Waals surface area contributed by atoms with E-state index in [1.807, 2.05) is 6.07 Å². The van der Waals surface area contributed by atoms with E-state index in [2.05, 4.69) is 36.6 Å². The first kappa shape index (κ1) is 35.3. The van der Waals surface area contributed by atoms with Crippen molar-refractivity contribution in [3.63, 3.8) is 0 Å². The summed E-state index contributed by atoms with van der Waals surface area (Å²) in [4.78, 5) is 14.8. The minimum Gasteiger partial charge on any atom is -0.481 e. The van der Waals surface area contributed by atoms with E-state index < -0.39 is 17.2 Å². The molecule has 3 aliphatic carbocycles. The van der Waals surface area contributed by atoms with Gasteiger partial charge < -0.3 is 24.1 Å². The molecule has 1 N–H and O–H groups in total. The molecule has 0 amide bonds. The highest BCUT2D eigenvalue weighted by molar-refractivity contribution is 5.64. The zero-order valence-electron chi connectivity index (χ0n) is 29.7. The lowest BCUT2D eigenvalue weighted by molar-refractivity contribution is -0.174. The monoisotopic (exact) mass is 663 g/mol. The van der Waals surface area contributed by atoms with E-state index in [-0.39, 0.29) is 18.9 Å². The van der Waals surface area contributed by atoms with Crippen molar-refractivity contribution in [2.24, 2.45) is 5.92 Å². The molecule has 0 aromatic heterocycles. The highest BCUT2D eigenvalue weighted by Gasteiger charge is 2.72. The van der Waals surface area contributed by atoms with Gasteiger partial charge in [0.15, 0.2) is 11.5 Å². The SMILES string of the molecule is C=C1CC[C@@]2(O)C3Cc4ccc(OCOC(=O)OCCCCCCCC/C=C/CCCCCCCC)c5c4[C@@]2(CCN3CC2CC2)[C@H]1O5. The van der Waals surface area contributed by atoms with Gasteiger partial charge in [0.1, 0.15) is 6.10 Å². The second-order valence-electron chi connectivity index (χ2n) is 15.3. The largest absolute Gasteiger partial charge is 0.511 e. The standard InChI is InChI=1S/C41H61NO6/c1-3-4-5-6-7-8-9-10-11-12-13-14-15-16-17-18-27-45-39(43)47-30-46-34-22-21-33-28-35-41(44)24-23-31(2)38-40(41,36(33)37(34)48-38)25-26-42(35)29-32-19-20-32/h10-11,21-22,32,35,38,44H,2-9,12-20,23-30H2,1H3/b11-10+/t35?,38-,40-,41+/m0/s1. The van der Waals surface area contributed by atoms with Gasteiger partial charge in [-0.2, -0.15) is 0 Å². The van der Waals surface area contributed by atoms with E-state index in [1.165, 1.54) is 89.0 Å². The van der Waals surface area contributed by atoms with Crippen molar-refractivity contribution in [3.05, 3.63) is 47.6 Å². The van der Waals surface area contributed by atoms with Gasteiger partial charge in [-0.3, -0.25) is 4.90 Å². The summed E-state index contributed by atoms with van der Waals surface area (Å²) in [6, 6.07) is 4.15. The summed E-state index contributed by atoms with van der Waals surface area (Å²) in [5.41, 5.74) is 2.03. The Bertz CT molecular complexity index is 1270. The minimum atomic E-state index is -0.854. The molecule has 266 valence electrons. The third-order valence-electron chi connectivity index (χ3n) is 12.0. The molecule has 2 aliphatic heterocycles. The summed E-state index contributed by atoms with van der Waals surface area (Å²) in [5, 5.41) is 12.5. The predicted octanol–water partition coefficient (Wildman–Crippen LogP) is 9.33. The Hall–Kier alpha value is -2.51. The molecule has 7 heteroatoms. The molecule has 3 fully saturated rings. The van der Waals surface area contributed by atoms with Gasteiger partial charge in [-0.1, -0.05) is 89.5 Å².